The largest absolute Gasteiger partial charge is 0.389 e. The Balaban J connectivity index is 1.99. The summed E-state index contributed by atoms with van der Waals surface area (Å²) in [6.45, 7) is 1.85. The lowest BCUT2D eigenvalue weighted by atomic mass is 10.1. The molecule has 3 N–H and O–H groups in total. The van der Waals surface area contributed by atoms with Crippen LogP contribution >= 0.6 is 0 Å². The van der Waals surface area contributed by atoms with Crippen molar-refractivity contribution in [1.29, 1.82) is 0 Å². The zero-order valence-electron chi connectivity index (χ0n) is 15.4. The Morgan fingerprint density at radius 3 is 2.63 bits per heavy atom. The van der Waals surface area contributed by atoms with E-state index in [-0.39, 0.29) is 29.6 Å². The van der Waals surface area contributed by atoms with Crippen molar-refractivity contribution in [2.75, 3.05) is 7.05 Å². The lowest BCUT2D eigenvalue weighted by molar-refractivity contribution is 0.0950. The SMILES string of the molecule is CNC(=O)c1cc(C(=O)NC2CC2)cn(Cc2cccc(C(C)O)c2)c1=O. The van der Waals surface area contributed by atoms with E-state index >= 15 is 0 Å². The van der Waals surface area contributed by atoms with Gasteiger partial charge in [0.05, 0.1) is 18.2 Å². The Hall–Kier alpha value is -2.93. The van der Waals surface area contributed by atoms with Gasteiger partial charge in [0.2, 0.25) is 0 Å². The van der Waals surface area contributed by atoms with Crippen LogP contribution in [0.5, 0.6) is 0 Å². The highest BCUT2D eigenvalue weighted by molar-refractivity contribution is 5.99. The second kappa shape index (κ2) is 7.75. The van der Waals surface area contributed by atoms with Crippen molar-refractivity contribution in [3.8, 4) is 0 Å². The van der Waals surface area contributed by atoms with Crippen molar-refractivity contribution < 1.29 is 14.7 Å². The van der Waals surface area contributed by atoms with Gasteiger partial charge in [-0.05, 0) is 37.0 Å². The summed E-state index contributed by atoms with van der Waals surface area (Å²) >= 11 is 0. The topological polar surface area (TPSA) is 100 Å². The molecule has 1 atom stereocenters. The van der Waals surface area contributed by atoms with Crippen LogP contribution in [0.1, 0.15) is 57.7 Å². The van der Waals surface area contributed by atoms with E-state index in [1.807, 2.05) is 6.07 Å². The number of hydrogen-bond donors (Lipinski definition) is 3. The van der Waals surface area contributed by atoms with E-state index in [9.17, 15) is 19.5 Å². The second-order valence-electron chi connectivity index (χ2n) is 6.82. The summed E-state index contributed by atoms with van der Waals surface area (Å²) in [5.41, 5.74) is 1.24. The molecule has 27 heavy (non-hydrogen) atoms. The Morgan fingerprint density at radius 2 is 2.00 bits per heavy atom. The standard InChI is InChI=1S/C20H23N3O4/c1-12(24)14-5-3-4-13(8-14)10-23-11-15(18(25)22-16-6-7-16)9-17(20(23)27)19(26)21-2/h3-5,8-9,11-12,16,24H,6-7,10H2,1-2H3,(H,21,26)(H,22,25). The van der Waals surface area contributed by atoms with Crippen LogP contribution in [-0.4, -0.2) is 34.6 Å². The highest BCUT2D eigenvalue weighted by Crippen LogP contribution is 2.19. The summed E-state index contributed by atoms with van der Waals surface area (Å²) in [4.78, 5) is 37.3. The predicted molar refractivity (Wildman–Crippen MR) is 101 cm³/mol. The van der Waals surface area contributed by atoms with Crippen molar-refractivity contribution in [2.24, 2.45) is 0 Å². The van der Waals surface area contributed by atoms with Crippen LogP contribution in [0.3, 0.4) is 0 Å². The van der Waals surface area contributed by atoms with Crippen LogP contribution in [-0.2, 0) is 6.54 Å². The molecule has 0 saturated heterocycles. The van der Waals surface area contributed by atoms with Crippen LogP contribution in [0.25, 0.3) is 0 Å². The monoisotopic (exact) mass is 369 g/mol. The van der Waals surface area contributed by atoms with E-state index < -0.39 is 17.6 Å². The summed E-state index contributed by atoms with van der Waals surface area (Å²) in [6, 6.07) is 8.73. The Bertz CT molecular complexity index is 929. The van der Waals surface area contributed by atoms with Crippen LogP contribution in [0.2, 0.25) is 0 Å². The highest BCUT2D eigenvalue weighted by atomic mass is 16.3. The maximum absolute atomic E-state index is 12.7. The van der Waals surface area contributed by atoms with Crippen molar-refractivity contribution in [2.45, 2.75) is 38.5 Å². The number of benzene rings is 1. The quantitative estimate of drug-likeness (QED) is 0.712. The molecule has 2 aromatic rings. The summed E-state index contributed by atoms with van der Waals surface area (Å²) in [6.07, 6.45) is 2.74. The first kappa shape index (κ1) is 18.8. The number of aromatic nitrogens is 1. The van der Waals surface area contributed by atoms with Gasteiger partial charge in [0.25, 0.3) is 17.4 Å². The number of pyridine rings is 1. The summed E-state index contributed by atoms with van der Waals surface area (Å²) in [7, 11) is 1.44. The van der Waals surface area contributed by atoms with Crippen LogP contribution < -0.4 is 16.2 Å². The second-order valence-corrected chi connectivity index (χ2v) is 6.82. The minimum Gasteiger partial charge on any atom is -0.389 e. The predicted octanol–water partition coefficient (Wildman–Crippen LogP) is 1.20. The zero-order chi connectivity index (χ0) is 19.6. The molecule has 1 aliphatic carbocycles. The van der Waals surface area contributed by atoms with Gasteiger partial charge < -0.3 is 20.3 Å². The highest BCUT2D eigenvalue weighted by Gasteiger charge is 2.25. The molecule has 7 heteroatoms. The maximum atomic E-state index is 12.7. The molecule has 0 spiro atoms. The van der Waals surface area contributed by atoms with E-state index in [0.29, 0.717) is 0 Å². The average molecular weight is 369 g/mol. The van der Waals surface area contributed by atoms with E-state index in [1.54, 1.807) is 25.1 Å². The van der Waals surface area contributed by atoms with Crippen molar-refractivity contribution in [3.63, 3.8) is 0 Å². The molecule has 1 fully saturated rings. The van der Waals surface area contributed by atoms with E-state index in [2.05, 4.69) is 10.6 Å². The molecule has 1 aromatic heterocycles. The van der Waals surface area contributed by atoms with Gasteiger partial charge in [-0.3, -0.25) is 14.4 Å². The number of aliphatic hydroxyl groups excluding tert-OH is 1. The number of rotatable bonds is 6. The fraction of sp³-hybridized carbons (Fsp3) is 0.350. The molecule has 2 amide bonds. The van der Waals surface area contributed by atoms with Gasteiger partial charge in [0, 0.05) is 19.3 Å². The van der Waals surface area contributed by atoms with Crippen LogP contribution in [0, 0.1) is 0 Å². The lowest BCUT2D eigenvalue weighted by Crippen LogP contribution is -2.34. The third-order valence-corrected chi connectivity index (χ3v) is 4.52. The van der Waals surface area contributed by atoms with E-state index in [4.69, 9.17) is 0 Å². The first-order chi connectivity index (χ1) is 12.9. The Labute approximate surface area is 157 Å². The number of hydrogen-bond acceptors (Lipinski definition) is 4. The molecule has 0 radical (unpaired) electrons. The number of carbonyl (C=O) groups is 2. The smallest absolute Gasteiger partial charge is 0.263 e. The number of nitrogens with zero attached hydrogens (tertiary/aromatic N) is 1. The van der Waals surface area contributed by atoms with Gasteiger partial charge in [-0.2, -0.15) is 0 Å². The molecular formula is C20H23N3O4. The van der Waals surface area contributed by atoms with Gasteiger partial charge in [-0.25, -0.2) is 0 Å². The number of nitrogens with one attached hydrogen (secondary N) is 2. The van der Waals surface area contributed by atoms with Gasteiger partial charge in [-0.15, -0.1) is 0 Å². The third kappa shape index (κ3) is 4.43. The molecule has 142 valence electrons. The first-order valence-electron chi connectivity index (χ1n) is 8.93. The molecule has 1 heterocycles. The molecule has 0 aliphatic heterocycles. The fourth-order valence-electron chi connectivity index (χ4n) is 2.82. The molecule has 0 bridgehead atoms. The Kier molecular flexibility index (Phi) is 5.41. The first-order valence-corrected chi connectivity index (χ1v) is 8.93. The van der Waals surface area contributed by atoms with Crippen molar-refractivity contribution in [3.05, 3.63) is 69.1 Å². The third-order valence-electron chi connectivity index (χ3n) is 4.52. The normalized spacial score (nSPS) is 14.5. The Morgan fingerprint density at radius 1 is 1.26 bits per heavy atom. The number of carbonyl (C=O) groups excluding carboxylic acids is 2. The summed E-state index contributed by atoms with van der Waals surface area (Å²) < 4.78 is 1.35. The van der Waals surface area contributed by atoms with Crippen LogP contribution in [0.15, 0.2) is 41.3 Å². The van der Waals surface area contributed by atoms with Gasteiger partial charge in [-0.1, -0.05) is 24.3 Å². The van der Waals surface area contributed by atoms with Gasteiger partial charge >= 0.3 is 0 Å². The maximum Gasteiger partial charge on any atom is 0.263 e. The molecule has 7 nitrogen and oxygen atoms in total. The fourth-order valence-corrected chi connectivity index (χ4v) is 2.82. The average Bonchev–Trinajstić information content (AvgIpc) is 3.46. The molecule has 1 unspecified atom stereocenters. The zero-order valence-corrected chi connectivity index (χ0v) is 15.4. The van der Waals surface area contributed by atoms with Crippen LogP contribution in [0.4, 0.5) is 0 Å². The van der Waals surface area contributed by atoms with E-state index in [0.717, 1.165) is 24.0 Å². The number of amides is 2. The lowest BCUT2D eigenvalue weighted by Gasteiger charge is -2.13. The number of aliphatic hydroxyl groups is 1. The minimum absolute atomic E-state index is 0.0763. The molecular weight excluding hydrogens is 346 g/mol. The summed E-state index contributed by atoms with van der Waals surface area (Å²) in [5.74, 6) is -0.832. The van der Waals surface area contributed by atoms with Crippen molar-refractivity contribution in [1.82, 2.24) is 15.2 Å². The molecule has 1 aliphatic rings. The van der Waals surface area contributed by atoms with E-state index in [1.165, 1.54) is 23.9 Å². The van der Waals surface area contributed by atoms with Gasteiger partial charge in [0.1, 0.15) is 5.56 Å². The molecule has 3 rings (SSSR count). The summed E-state index contributed by atoms with van der Waals surface area (Å²) in [5, 5.41) is 15.1. The minimum atomic E-state index is -0.626. The molecule has 1 aromatic carbocycles. The van der Waals surface area contributed by atoms with Crippen molar-refractivity contribution >= 4 is 11.8 Å². The molecule has 1 saturated carbocycles. The van der Waals surface area contributed by atoms with Gasteiger partial charge in [0.15, 0.2) is 0 Å².